The van der Waals surface area contributed by atoms with Gasteiger partial charge in [-0.2, -0.15) is 0 Å². The summed E-state index contributed by atoms with van der Waals surface area (Å²) >= 11 is 0. The fourth-order valence-electron chi connectivity index (χ4n) is 5.68. The molecule has 1 N–H and O–H groups in total. The van der Waals surface area contributed by atoms with Gasteiger partial charge in [-0.05, 0) is 64.9 Å². The van der Waals surface area contributed by atoms with Gasteiger partial charge < -0.3 is 14.8 Å². The molecular weight excluding hydrogens is 446 g/mol. The van der Waals surface area contributed by atoms with Crippen LogP contribution in [0.5, 0.6) is 5.75 Å². The summed E-state index contributed by atoms with van der Waals surface area (Å²) in [6, 6.07) is 29.1. The molecule has 4 heteroatoms. The largest absolute Gasteiger partial charge is 0.489 e. The SMILES string of the molecule is CCOC(=O)c1cccc2c1N[C@@H](c1ccc(OCc3cccc4ccccc34)cc1)[C@H]1CC=C[C@@H]21. The summed E-state index contributed by atoms with van der Waals surface area (Å²) in [5.74, 6) is 1.25. The van der Waals surface area contributed by atoms with Crippen molar-refractivity contribution in [2.45, 2.75) is 31.9 Å². The second kappa shape index (κ2) is 9.54. The molecule has 0 bridgehead atoms. The molecule has 4 nitrogen and oxygen atoms in total. The topological polar surface area (TPSA) is 47.6 Å². The number of benzene rings is 4. The smallest absolute Gasteiger partial charge is 0.340 e. The zero-order valence-electron chi connectivity index (χ0n) is 20.3. The number of allylic oxidation sites excluding steroid dienone is 2. The van der Waals surface area contributed by atoms with Crippen LogP contribution < -0.4 is 10.1 Å². The molecule has 4 aromatic carbocycles. The van der Waals surface area contributed by atoms with Crippen molar-refractivity contribution in [1.82, 2.24) is 0 Å². The molecule has 0 saturated carbocycles. The lowest BCUT2D eigenvalue weighted by Gasteiger charge is -2.38. The third kappa shape index (κ3) is 4.03. The van der Waals surface area contributed by atoms with Gasteiger partial charge in [-0.25, -0.2) is 4.79 Å². The minimum atomic E-state index is -0.279. The van der Waals surface area contributed by atoms with Gasteiger partial charge in [0.25, 0.3) is 0 Å². The first-order chi connectivity index (χ1) is 17.7. The van der Waals surface area contributed by atoms with Crippen molar-refractivity contribution in [3.8, 4) is 5.75 Å². The molecule has 1 heterocycles. The van der Waals surface area contributed by atoms with E-state index in [4.69, 9.17) is 9.47 Å². The molecule has 36 heavy (non-hydrogen) atoms. The number of hydrogen-bond acceptors (Lipinski definition) is 4. The number of nitrogens with one attached hydrogen (secondary N) is 1. The molecule has 0 spiro atoms. The Bertz CT molecular complexity index is 1430. The standard InChI is InChI=1S/C32H29NO3/c1-2-35-32(34)29-15-7-14-28-26-12-6-13-27(26)30(33-31(28)29)22-16-18-24(19-17-22)36-20-23-10-5-9-21-8-3-4-11-25(21)23/h3-12,14-19,26-27,30,33H,2,13,20H2,1H3/t26-,27+,30+/m1/s1. The molecule has 6 rings (SSSR count). The lowest BCUT2D eigenvalue weighted by Crippen LogP contribution is -2.30. The van der Waals surface area contributed by atoms with Crippen LogP contribution in [0.1, 0.15) is 52.4 Å². The molecule has 0 amide bonds. The second-order valence-electron chi connectivity index (χ2n) is 9.46. The molecule has 0 fully saturated rings. The van der Waals surface area contributed by atoms with Gasteiger partial charge in [-0.15, -0.1) is 0 Å². The van der Waals surface area contributed by atoms with Gasteiger partial charge in [0, 0.05) is 5.92 Å². The van der Waals surface area contributed by atoms with Crippen LogP contribution in [0.15, 0.2) is 97.1 Å². The Labute approximate surface area is 211 Å². The monoisotopic (exact) mass is 475 g/mol. The predicted molar refractivity (Wildman–Crippen MR) is 143 cm³/mol. The first-order valence-electron chi connectivity index (χ1n) is 12.7. The van der Waals surface area contributed by atoms with Crippen LogP contribution in [0.4, 0.5) is 5.69 Å². The minimum Gasteiger partial charge on any atom is -0.489 e. The molecule has 0 unspecified atom stereocenters. The van der Waals surface area contributed by atoms with Crippen molar-refractivity contribution < 1.29 is 14.3 Å². The van der Waals surface area contributed by atoms with E-state index in [1.54, 1.807) is 0 Å². The van der Waals surface area contributed by atoms with Gasteiger partial charge in [0.2, 0.25) is 0 Å². The number of ether oxygens (including phenoxy) is 2. The molecule has 2 aliphatic rings. The Morgan fingerprint density at radius 2 is 1.75 bits per heavy atom. The zero-order chi connectivity index (χ0) is 24.5. The Kier molecular flexibility index (Phi) is 5.94. The molecular formula is C32H29NO3. The van der Waals surface area contributed by atoms with Gasteiger partial charge in [-0.3, -0.25) is 0 Å². The summed E-state index contributed by atoms with van der Waals surface area (Å²) in [5, 5.41) is 6.15. The predicted octanol–water partition coefficient (Wildman–Crippen LogP) is 7.42. The minimum absolute atomic E-state index is 0.0974. The summed E-state index contributed by atoms with van der Waals surface area (Å²) < 4.78 is 11.5. The summed E-state index contributed by atoms with van der Waals surface area (Å²) in [6.07, 6.45) is 5.55. The quantitative estimate of drug-likeness (QED) is 0.233. The Hall–Kier alpha value is -4.05. The van der Waals surface area contributed by atoms with E-state index in [0.29, 0.717) is 24.7 Å². The van der Waals surface area contributed by atoms with E-state index in [2.05, 4.69) is 78.1 Å². The number of hydrogen-bond donors (Lipinski definition) is 1. The van der Waals surface area contributed by atoms with Crippen LogP contribution >= 0.6 is 0 Å². The summed E-state index contributed by atoms with van der Waals surface area (Å²) in [5.41, 5.74) is 5.04. The van der Waals surface area contributed by atoms with Crippen LogP contribution in [0.25, 0.3) is 10.8 Å². The van der Waals surface area contributed by atoms with E-state index in [1.807, 2.05) is 31.2 Å². The van der Waals surface area contributed by atoms with Crippen LogP contribution in [0, 0.1) is 5.92 Å². The highest BCUT2D eigenvalue weighted by Gasteiger charge is 2.39. The molecule has 1 aliphatic heterocycles. The van der Waals surface area contributed by atoms with Gasteiger partial charge in [-0.1, -0.05) is 78.9 Å². The normalized spacial score (nSPS) is 19.9. The van der Waals surface area contributed by atoms with E-state index >= 15 is 0 Å². The highest BCUT2D eigenvalue weighted by molar-refractivity contribution is 5.97. The van der Waals surface area contributed by atoms with Crippen molar-refractivity contribution in [1.29, 1.82) is 0 Å². The maximum Gasteiger partial charge on any atom is 0.340 e. The number of esters is 1. The van der Waals surface area contributed by atoms with Gasteiger partial charge in [0.1, 0.15) is 12.4 Å². The van der Waals surface area contributed by atoms with E-state index in [-0.39, 0.29) is 17.9 Å². The van der Waals surface area contributed by atoms with Crippen molar-refractivity contribution in [2.75, 3.05) is 11.9 Å². The van der Waals surface area contributed by atoms with E-state index in [1.165, 1.54) is 27.5 Å². The zero-order valence-corrected chi connectivity index (χ0v) is 20.3. The number of fused-ring (bicyclic) bond motifs is 4. The summed E-state index contributed by atoms with van der Waals surface area (Å²) in [7, 11) is 0. The molecule has 0 radical (unpaired) electrons. The van der Waals surface area contributed by atoms with Gasteiger partial charge in [0.15, 0.2) is 0 Å². The van der Waals surface area contributed by atoms with E-state index < -0.39 is 0 Å². The van der Waals surface area contributed by atoms with Gasteiger partial charge >= 0.3 is 5.97 Å². The third-order valence-corrected chi connectivity index (χ3v) is 7.41. The Morgan fingerprint density at radius 1 is 0.944 bits per heavy atom. The first-order valence-corrected chi connectivity index (χ1v) is 12.7. The summed E-state index contributed by atoms with van der Waals surface area (Å²) in [4.78, 5) is 12.7. The molecule has 1 aliphatic carbocycles. The average molecular weight is 476 g/mol. The number of anilines is 1. The lowest BCUT2D eigenvalue weighted by molar-refractivity contribution is 0.0527. The Morgan fingerprint density at radius 3 is 2.61 bits per heavy atom. The van der Waals surface area contributed by atoms with Crippen molar-refractivity contribution in [2.24, 2.45) is 5.92 Å². The first kappa shape index (κ1) is 22.4. The van der Waals surface area contributed by atoms with Gasteiger partial charge in [0.05, 0.1) is 23.9 Å². The van der Waals surface area contributed by atoms with Crippen molar-refractivity contribution >= 4 is 22.4 Å². The fraction of sp³-hybridized carbons (Fsp3) is 0.219. The maximum absolute atomic E-state index is 12.7. The van der Waals surface area contributed by atoms with E-state index in [0.717, 1.165) is 17.9 Å². The fourth-order valence-corrected chi connectivity index (χ4v) is 5.68. The number of rotatable bonds is 6. The Balaban J connectivity index is 1.24. The molecule has 0 saturated heterocycles. The van der Waals surface area contributed by atoms with Crippen LogP contribution in [0.3, 0.4) is 0 Å². The number of para-hydroxylation sites is 1. The average Bonchev–Trinajstić information content (AvgIpc) is 3.42. The highest BCUT2D eigenvalue weighted by Crippen LogP contribution is 2.50. The molecule has 4 aromatic rings. The summed E-state index contributed by atoms with van der Waals surface area (Å²) in [6.45, 7) is 2.72. The van der Waals surface area contributed by atoms with Crippen LogP contribution in [0.2, 0.25) is 0 Å². The van der Waals surface area contributed by atoms with Crippen LogP contribution in [-0.4, -0.2) is 12.6 Å². The number of carbonyl (C=O) groups is 1. The van der Waals surface area contributed by atoms with Crippen molar-refractivity contribution in [3.63, 3.8) is 0 Å². The van der Waals surface area contributed by atoms with E-state index in [9.17, 15) is 4.79 Å². The second-order valence-corrected chi connectivity index (χ2v) is 9.46. The lowest BCUT2D eigenvalue weighted by atomic mass is 9.76. The molecule has 3 atom stereocenters. The number of carbonyl (C=O) groups excluding carboxylic acids is 1. The highest BCUT2D eigenvalue weighted by atomic mass is 16.5. The molecule has 180 valence electrons. The third-order valence-electron chi connectivity index (χ3n) is 7.41. The molecule has 0 aromatic heterocycles. The van der Waals surface area contributed by atoms with Crippen LogP contribution in [-0.2, 0) is 11.3 Å². The van der Waals surface area contributed by atoms with Crippen molar-refractivity contribution in [3.05, 3.63) is 119 Å². The maximum atomic E-state index is 12.7.